The van der Waals surface area contributed by atoms with Crippen LogP contribution in [0.3, 0.4) is 0 Å². The third-order valence-electron chi connectivity index (χ3n) is 1.79. The molecule has 2 heteroatoms. The van der Waals surface area contributed by atoms with E-state index in [0.29, 0.717) is 5.56 Å². The van der Waals surface area contributed by atoms with E-state index >= 15 is 0 Å². The molecule has 0 saturated heterocycles. The average molecular weight is 163 g/mol. The fourth-order valence-electron chi connectivity index (χ4n) is 0.930. The first kappa shape index (κ1) is 8.73. The lowest BCUT2D eigenvalue weighted by atomic mass is 9.87. The van der Waals surface area contributed by atoms with Gasteiger partial charge in [-0.3, -0.25) is 0 Å². The lowest BCUT2D eigenvalue weighted by Crippen LogP contribution is -2.16. The number of nitrogens with zero attached hydrogens (tertiary/aromatic N) is 1. The normalized spacial score (nSPS) is 10.8. The first-order valence-electron chi connectivity index (χ1n) is 3.66. The molecular formula is C10H10FN. The third-order valence-corrected chi connectivity index (χ3v) is 1.79. The van der Waals surface area contributed by atoms with E-state index in [9.17, 15) is 4.39 Å². The zero-order chi connectivity index (χ0) is 9.19. The smallest absolute Gasteiger partial charge is 0.217 e. The average Bonchev–Trinajstić information content (AvgIpc) is 2.05. The molecule has 62 valence electrons. The summed E-state index contributed by atoms with van der Waals surface area (Å²) in [6.07, 6.45) is 6.67. The summed E-state index contributed by atoms with van der Waals surface area (Å²) in [6, 6.07) is 3.33. The topological polar surface area (TPSA) is 12.9 Å². The van der Waals surface area contributed by atoms with Crippen LogP contribution < -0.4 is 0 Å². The summed E-state index contributed by atoms with van der Waals surface area (Å²) in [6.45, 7) is 3.57. The van der Waals surface area contributed by atoms with Crippen LogP contribution in [-0.4, -0.2) is 4.98 Å². The highest BCUT2D eigenvalue weighted by Crippen LogP contribution is 2.22. The predicted octanol–water partition coefficient (Wildman–Crippen LogP) is 2.13. The van der Waals surface area contributed by atoms with Crippen LogP contribution in [0.15, 0.2) is 18.3 Å². The fourth-order valence-corrected chi connectivity index (χ4v) is 0.930. The maximum Gasteiger partial charge on any atom is 0.217 e. The molecule has 0 unspecified atom stereocenters. The van der Waals surface area contributed by atoms with E-state index in [0.717, 1.165) is 0 Å². The first-order chi connectivity index (χ1) is 5.58. The molecule has 0 radical (unpaired) electrons. The van der Waals surface area contributed by atoms with Crippen LogP contribution in [0.2, 0.25) is 0 Å². The molecule has 12 heavy (non-hydrogen) atoms. The molecule has 0 aromatic carbocycles. The summed E-state index contributed by atoms with van der Waals surface area (Å²) in [5.41, 5.74) is -0.120. The minimum Gasteiger partial charge on any atom is -0.228 e. The van der Waals surface area contributed by atoms with Crippen molar-refractivity contribution in [3.8, 4) is 12.3 Å². The molecule has 1 aromatic heterocycles. The second-order valence-corrected chi connectivity index (χ2v) is 3.11. The van der Waals surface area contributed by atoms with Gasteiger partial charge in [-0.2, -0.15) is 4.39 Å². The molecule has 0 fully saturated rings. The predicted molar refractivity (Wildman–Crippen MR) is 46.1 cm³/mol. The second kappa shape index (κ2) is 2.94. The molecule has 0 spiro atoms. The van der Waals surface area contributed by atoms with Crippen molar-refractivity contribution in [1.29, 1.82) is 0 Å². The zero-order valence-corrected chi connectivity index (χ0v) is 7.13. The minimum absolute atomic E-state index is 0.465. The Labute approximate surface area is 71.6 Å². The molecule has 0 N–H and O–H groups in total. The monoisotopic (exact) mass is 163 g/mol. The minimum atomic E-state index is -0.585. The number of hydrogen-bond acceptors (Lipinski definition) is 1. The van der Waals surface area contributed by atoms with Gasteiger partial charge in [0.05, 0.1) is 5.41 Å². The number of rotatable bonds is 1. The van der Waals surface area contributed by atoms with Gasteiger partial charge in [0.15, 0.2) is 0 Å². The summed E-state index contributed by atoms with van der Waals surface area (Å²) >= 11 is 0. The summed E-state index contributed by atoms with van der Waals surface area (Å²) in [4.78, 5) is 3.53. The van der Waals surface area contributed by atoms with Gasteiger partial charge >= 0.3 is 0 Å². The maximum atomic E-state index is 13.1. The highest BCUT2D eigenvalue weighted by atomic mass is 19.1. The van der Waals surface area contributed by atoms with Crippen molar-refractivity contribution >= 4 is 0 Å². The summed E-state index contributed by atoms with van der Waals surface area (Å²) in [7, 11) is 0. The van der Waals surface area contributed by atoms with Crippen molar-refractivity contribution in [2.24, 2.45) is 0 Å². The van der Waals surface area contributed by atoms with Crippen molar-refractivity contribution in [3.63, 3.8) is 0 Å². The molecular weight excluding hydrogens is 153 g/mol. The highest BCUT2D eigenvalue weighted by Gasteiger charge is 2.21. The van der Waals surface area contributed by atoms with Crippen LogP contribution >= 0.6 is 0 Å². The Bertz CT molecular complexity index is 323. The number of aromatic nitrogens is 1. The zero-order valence-electron chi connectivity index (χ0n) is 7.13. The molecule has 0 saturated carbocycles. The molecule has 0 aliphatic heterocycles. The molecule has 0 amide bonds. The van der Waals surface area contributed by atoms with E-state index in [-0.39, 0.29) is 0 Å². The van der Waals surface area contributed by atoms with Gasteiger partial charge in [0.2, 0.25) is 5.95 Å². The quantitative estimate of drug-likeness (QED) is 0.456. The van der Waals surface area contributed by atoms with E-state index in [1.807, 2.05) is 0 Å². The molecule has 0 atom stereocenters. The van der Waals surface area contributed by atoms with Gasteiger partial charge in [0.1, 0.15) is 0 Å². The largest absolute Gasteiger partial charge is 0.228 e. The van der Waals surface area contributed by atoms with Gasteiger partial charge in [0, 0.05) is 11.8 Å². The lowest BCUT2D eigenvalue weighted by Gasteiger charge is -2.17. The van der Waals surface area contributed by atoms with Crippen LogP contribution in [0.1, 0.15) is 19.4 Å². The standard InChI is InChI=1S/C10H10FN/c1-4-10(2,3)8-6-5-7-12-9(8)11/h1,5-7H,2-3H3. The van der Waals surface area contributed by atoms with E-state index in [2.05, 4.69) is 10.9 Å². The number of halogens is 1. The Kier molecular flexibility index (Phi) is 2.14. The Balaban J connectivity index is 3.22. The van der Waals surface area contributed by atoms with Gasteiger partial charge in [-0.15, -0.1) is 6.42 Å². The number of pyridine rings is 1. The van der Waals surface area contributed by atoms with E-state index in [1.54, 1.807) is 26.0 Å². The van der Waals surface area contributed by atoms with Gasteiger partial charge in [-0.1, -0.05) is 12.0 Å². The Morgan fingerprint density at radius 3 is 2.75 bits per heavy atom. The molecule has 0 aliphatic rings. The number of hydrogen-bond donors (Lipinski definition) is 0. The summed E-state index contributed by atoms with van der Waals surface area (Å²) < 4.78 is 13.1. The van der Waals surface area contributed by atoms with Gasteiger partial charge in [0.25, 0.3) is 0 Å². The Hall–Kier alpha value is -1.36. The molecule has 0 bridgehead atoms. The third kappa shape index (κ3) is 1.45. The van der Waals surface area contributed by atoms with Crippen LogP contribution in [0.25, 0.3) is 0 Å². The molecule has 1 rings (SSSR count). The van der Waals surface area contributed by atoms with Crippen molar-refractivity contribution in [2.45, 2.75) is 19.3 Å². The van der Waals surface area contributed by atoms with Crippen molar-refractivity contribution in [1.82, 2.24) is 4.98 Å². The van der Waals surface area contributed by atoms with Crippen LogP contribution in [0.4, 0.5) is 4.39 Å². The SMILES string of the molecule is C#CC(C)(C)c1cccnc1F. The Morgan fingerprint density at radius 2 is 2.25 bits per heavy atom. The molecule has 1 nitrogen and oxygen atoms in total. The van der Waals surface area contributed by atoms with Crippen molar-refractivity contribution < 1.29 is 4.39 Å². The maximum absolute atomic E-state index is 13.1. The Morgan fingerprint density at radius 1 is 1.58 bits per heavy atom. The van der Waals surface area contributed by atoms with Crippen LogP contribution in [0.5, 0.6) is 0 Å². The highest BCUT2D eigenvalue weighted by molar-refractivity contribution is 5.30. The van der Waals surface area contributed by atoms with Crippen molar-refractivity contribution in [2.75, 3.05) is 0 Å². The van der Waals surface area contributed by atoms with E-state index < -0.39 is 11.4 Å². The molecule has 1 heterocycles. The van der Waals surface area contributed by atoms with Crippen LogP contribution in [0, 0.1) is 18.3 Å². The lowest BCUT2D eigenvalue weighted by molar-refractivity contribution is 0.533. The van der Waals surface area contributed by atoms with Gasteiger partial charge in [-0.05, 0) is 19.9 Å². The summed E-state index contributed by atoms with van der Waals surface area (Å²) in [5.74, 6) is 2.03. The van der Waals surface area contributed by atoms with Gasteiger partial charge in [-0.25, -0.2) is 4.98 Å². The second-order valence-electron chi connectivity index (χ2n) is 3.11. The van der Waals surface area contributed by atoms with Crippen molar-refractivity contribution in [3.05, 3.63) is 29.8 Å². The molecule has 0 aliphatic carbocycles. The van der Waals surface area contributed by atoms with E-state index in [1.165, 1.54) is 6.20 Å². The fraction of sp³-hybridized carbons (Fsp3) is 0.300. The van der Waals surface area contributed by atoms with Gasteiger partial charge < -0.3 is 0 Å². The van der Waals surface area contributed by atoms with Crippen LogP contribution in [-0.2, 0) is 5.41 Å². The molecule has 1 aromatic rings. The first-order valence-corrected chi connectivity index (χ1v) is 3.66. The summed E-state index contributed by atoms with van der Waals surface area (Å²) in [5, 5.41) is 0. The van der Waals surface area contributed by atoms with E-state index in [4.69, 9.17) is 6.42 Å². The number of terminal acetylenes is 1.